The van der Waals surface area contributed by atoms with Gasteiger partial charge in [0.1, 0.15) is 11.6 Å². The fraction of sp³-hybridized carbons (Fsp3) is 0.304. The summed E-state index contributed by atoms with van der Waals surface area (Å²) in [6.07, 6.45) is 2.18. The fourth-order valence-electron chi connectivity index (χ4n) is 3.84. The van der Waals surface area contributed by atoms with Crippen molar-refractivity contribution in [2.24, 2.45) is 0 Å². The standard InChI is InChI=1S/C23H23F2N3O4S/c24-18-11-15(2-1-5-27-33(30)31)22(25)20(13-18)23(29)16-3-4-21-17(10-16)12-19(14-26-21)28-6-8-32-9-7-28/h3-4,10-14,27H,1-2,5-9H2,(H,30,31). The van der Waals surface area contributed by atoms with Gasteiger partial charge in [-0.25, -0.2) is 17.7 Å². The van der Waals surface area contributed by atoms with Gasteiger partial charge in [0, 0.05) is 30.6 Å². The number of aryl methyl sites for hydroxylation is 1. The van der Waals surface area contributed by atoms with Crippen LogP contribution in [0.3, 0.4) is 0 Å². The molecule has 0 saturated carbocycles. The van der Waals surface area contributed by atoms with Crippen LogP contribution in [0.25, 0.3) is 10.9 Å². The Morgan fingerprint density at radius 2 is 1.97 bits per heavy atom. The van der Waals surface area contributed by atoms with Crippen LogP contribution in [0.5, 0.6) is 0 Å². The van der Waals surface area contributed by atoms with Gasteiger partial charge < -0.3 is 9.64 Å². The van der Waals surface area contributed by atoms with Gasteiger partial charge in [0.05, 0.1) is 36.2 Å². The third-order valence-electron chi connectivity index (χ3n) is 5.51. The minimum absolute atomic E-state index is 0.0425. The van der Waals surface area contributed by atoms with Crippen LogP contribution in [-0.2, 0) is 22.4 Å². The topological polar surface area (TPSA) is 91.8 Å². The minimum atomic E-state index is -2.17. The first-order valence-electron chi connectivity index (χ1n) is 10.5. The number of hydrogen-bond donors (Lipinski definition) is 2. The number of halogens is 2. The Morgan fingerprint density at radius 3 is 2.73 bits per heavy atom. The number of aromatic nitrogens is 1. The number of fused-ring (bicyclic) bond motifs is 1. The third-order valence-corrected chi connectivity index (χ3v) is 5.96. The van der Waals surface area contributed by atoms with Crippen molar-refractivity contribution >= 4 is 33.6 Å². The molecule has 10 heteroatoms. The number of carbonyl (C=O) groups is 1. The zero-order valence-electron chi connectivity index (χ0n) is 17.7. The Bertz CT molecular complexity index is 1200. The van der Waals surface area contributed by atoms with Gasteiger partial charge in [-0.2, -0.15) is 0 Å². The summed E-state index contributed by atoms with van der Waals surface area (Å²) in [6, 6.07) is 8.74. The van der Waals surface area contributed by atoms with E-state index in [1.807, 2.05) is 6.07 Å². The van der Waals surface area contributed by atoms with Gasteiger partial charge in [-0.1, -0.05) is 0 Å². The molecule has 2 heterocycles. The molecule has 1 atom stereocenters. The van der Waals surface area contributed by atoms with E-state index in [2.05, 4.69) is 14.6 Å². The number of pyridine rings is 1. The van der Waals surface area contributed by atoms with Crippen molar-refractivity contribution in [1.82, 2.24) is 9.71 Å². The van der Waals surface area contributed by atoms with Crippen LogP contribution in [0, 0.1) is 11.6 Å². The first kappa shape index (κ1) is 23.4. The normalized spacial score (nSPS) is 15.1. The first-order chi connectivity index (χ1) is 15.9. The Morgan fingerprint density at radius 1 is 1.18 bits per heavy atom. The molecule has 2 aromatic carbocycles. The molecular weight excluding hydrogens is 452 g/mol. The predicted octanol–water partition coefficient (Wildman–Crippen LogP) is 3.24. The van der Waals surface area contributed by atoms with E-state index in [0.717, 1.165) is 36.3 Å². The number of hydrogen-bond acceptors (Lipinski definition) is 5. The lowest BCUT2D eigenvalue weighted by atomic mass is 9.97. The van der Waals surface area contributed by atoms with Gasteiger partial charge in [-0.05, 0) is 54.8 Å². The smallest absolute Gasteiger partial charge is 0.231 e. The number of ether oxygens (including phenoxy) is 1. The van der Waals surface area contributed by atoms with E-state index in [0.29, 0.717) is 25.2 Å². The van der Waals surface area contributed by atoms with E-state index in [1.165, 1.54) is 0 Å². The second kappa shape index (κ2) is 10.4. The van der Waals surface area contributed by atoms with E-state index in [4.69, 9.17) is 9.29 Å². The number of carbonyl (C=O) groups excluding carboxylic acids is 1. The molecule has 2 N–H and O–H groups in total. The molecule has 0 aliphatic carbocycles. The zero-order chi connectivity index (χ0) is 23.4. The maximum atomic E-state index is 15.0. The highest BCUT2D eigenvalue weighted by Crippen LogP contribution is 2.25. The minimum Gasteiger partial charge on any atom is -0.378 e. The molecule has 0 bridgehead atoms. The number of morpholine rings is 1. The number of ketones is 1. The maximum absolute atomic E-state index is 15.0. The molecule has 1 aliphatic rings. The van der Waals surface area contributed by atoms with Crippen LogP contribution < -0.4 is 9.62 Å². The van der Waals surface area contributed by atoms with Gasteiger partial charge in [-0.15, -0.1) is 0 Å². The van der Waals surface area contributed by atoms with E-state index in [-0.39, 0.29) is 29.7 Å². The molecule has 1 fully saturated rings. The molecule has 0 amide bonds. The molecule has 0 radical (unpaired) electrons. The summed E-state index contributed by atoms with van der Waals surface area (Å²) in [5.74, 6) is -2.13. The monoisotopic (exact) mass is 475 g/mol. The van der Waals surface area contributed by atoms with Crippen molar-refractivity contribution < 1.29 is 27.1 Å². The summed E-state index contributed by atoms with van der Waals surface area (Å²) < 4.78 is 56.3. The largest absolute Gasteiger partial charge is 0.378 e. The molecule has 7 nitrogen and oxygen atoms in total. The van der Waals surface area contributed by atoms with Gasteiger partial charge in [0.2, 0.25) is 11.3 Å². The Hall–Kier alpha value is -2.79. The summed E-state index contributed by atoms with van der Waals surface area (Å²) in [6.45, 7) is 2.89. The molecule has 1 aromatic heterocycles. The van der Waals surface area contributed by atoms with Crippen LogP contribution in [0.4, 0.5) is 14.5 Å². The van der Waals surface area contributed by atoms with E-state index < -0.39 is 28.7 Å². The second-order valence-electron chi connectivity index (χ2n) is 7.70. The van der Waals surface area contributed by atoms with Crippen LogP contribution >= 0.6 is 0 Å². The SMILES string of the molecule is O=C(c1ccc2ncc(N3CCOCC3)cc2c1)c1cc(F)cc(CCCNS(=O)O)c1F. The van der Waals surface area contributed by atoms with Gasteiger partial charge >= 0.3 is 0 Å². The van der Waals surface area contributed by atoms with E-state index >= 15 is 4.39 Å². The molecular formula is C23H23F2N3O4S. The second-order valence-corrected chi connectivity index (χ2v) is 8.49. The molecule has 1 aliphatic heterocycles. The third kappa shape index (κ3) is 5.59. The number of rotatable bonds is 8. The molecule has 4 rings (SSSR count). The quantitative estimate of drug-likeness (QED) is 0.295. The molecule has 174 valence electrons. The molecule has 33 heavy (non-hydrogen) atoms. The summed E-state index contributed by atoms with van der Waals surface area (Å²) in [5.41, 5.74) is 1.53. The average molecular weight is 476 g/mol. The lowest BCUT2D eigenvalue weighted by molar-refractivity contribution is 0.103. The van der Waals surface area contributed by atoms with Crippen LogP contribution in [0.2, 0.25) is 0 Å². The van der Waals surface area contributed by atoms with Crippen LogP contribution in [-0.4, -0.2) is 52.4 Å². The number of nitrogens with one attached hydrogen (secondary N) is 1. The molecule has 1 unspecified atom stereocenters. The highest BCUT2D eigenvalue weighted by atomic mass is 32.2. The highest BCUT2D eigenvalue weighted by Gasteiger charge is 2.20. The lowest BCUT2D eigenvalue weighted by Gasteiger charge is -2.28. The van der Waals surface area contributed by atoms with Gasteiger partial charge in [-0.3, -0.25) is 14.3 Å². The Labute approximate surface area is 192 Å². The first-order valence-corrected chi connectivity index (χ1v) is 11.6. The highest BCUT2D eigenvalue weighted by molar-refractivity contribution is 7.77. The average Bonchev–Trinajstić information content (AvgIpc) is 2.83. The lowest BCUT2D eigenvalue weighted by Crippen LogP contribution is -2.36. The summed E-state index contributed by atoms with van der Waals surface area (Å²) in [5, 5.41) is 0.727. The van der Waals surface area contributed by atoms with Crippen molar-refractivity contribution in [1.29, 1.82) is 0 Å². The van der Waals surface area contributed by atoms with Crippen molar-refractivity contribution in [2.45, 2.75) is 12.8 Å². The summed E-state index contributed by atoms with van der Waals surface area (Å²) in [4.78, 5) is 19.7. The van der Waals surface area contributed by atoms with E-state index in [9.17, 15) is 13.4 Å². The Balaban J connectivity index is 1.60. The summed E-state index contributed by atoms with van der Waals surface area (Å²) >= 11 is -2.17. The van der Waals surface area contributed by atoms with Crippen molar-refractivity contribution in [3.8, 4) is 0 Å². The number of nitrogens with zero attached hydrogens (tertiary/aromatic N) is 2. The van der Waals surface area contributed by atoms with Gasteiger partial charge in [0.15, 0.2) is 5.78 Å². The number of benzene rings is 2. The number of anilines is 1. The van der Waals surface area contributed by atoms with E-state index in [1.54, 1.807) is 24.4 Å². The molecule has 3 aromatic rings. The van der Waals surface area contributed by atoms with Crippen molar-refractivity contribution in [2.75, 3.05) is 37.7 Å². The zero-order valence-corrected chi connectivity index (χ0v) is 18.5. The van der Waals surface area contributed by atoms with Crippen molar-refractivity contribution in [3.05, 3.63) is 70.9 Å². The van der Waals surface area contributed by atoms with Crippen molar-refractivity contribution in [3.63, 3.8) is 0 Å². The summed E-state index contributed by atoms with van der Waals surface area (Å²) in [7, 11) is 0. The van der Waals surface area contributed by atoms with Crippen LogP contribution in [0.1, 0.15) is 27.9 Å². The predicted molar refractivity (Wildman–Crippen MR) is 122 cm³/mol. The van der Waals surface area contributed by atoms with Crippen LogP contribution in [0.15, 0.2) is 42.6 Å². The maximum Gasteiger partial charge on any atom is 0.231 e. The van der Waals surface area contributed by atoms with Gasteiger partial charge in [0.25, 0.3) is 0 Å². The molecule has 0 spiro atoms. The fourth-order valence-corrected chi connectivity index (χ4v) is 4.16. The Kier molecular flexibility index (Phi) is 7.39. The molecule has 1 saturated heterocycles.